The number of benzene rings is 3. The van der Waals surface area contributed by atoms with Crippen LogP contribution in [0.5, 0.6) is 0 Å². The number of carbonyl (C=O) groups excluding carboxylic acids is 4. The number of imidazole rings is 2. The highest BCUT2D eigenvalue weighted by molar-refractivity contribution is 5.88. The molecule has 2 aliphatic heterocycles. The number of H-pyrrole nitrogens is 2. The molecule has 0 bridgehead atoms. The van der Waals surface area contributed by atoms with Crippen molar-refractivity contribution < 1.29 is 28.7 Å². The molecular weight excluding hydrogens is 809 g/mol. The quantitative estimate of drug-likeness (QED) is 0.102. The van der Waals surface area contributed by atoms with Gasteiger partial charge in [0, 0.05) is 13.1 Å². The van der Waals surface area contributed by atoms with Crippen molar-refractivity contribution in [2.24, 2.45) is 17.3 Å². The minimum absolute atomic E-state index is 0.103. The zero-order valence-electron chi connectivity index (χ0n) is 37.8. The molecule has 2 saturated heterocycles. The third-order valence-corrected chi connectivity index (χ3v) is 14.3. The maximum Gasteiger partial charge on any atom is 0.407 e. The van der Waals surface area contributed by atoms with E-state index in [1.165, 1.54) is 61.3 Å². The molecule has 4 aliphatic rings. The molecular formula is C50H60N8O6. The number of amides is 4. The molecule has 14 heteroatoms. The smallest absolute Gasteiger partial charge is 0.407 e. The SMILES string of the molecule is COC(=O)N[C@H](C(=O)N1CCC[C@H]1c1ncc(-c2ccc(-c3ccc(-c4ccc5nc([C@@H]6CCCN6C(=O)[C@@H](NC(=O)OC)C(C)C)[nH]c5c4)c4c3CC3(CCC3)C4)cc2)[nH]1)C(C)C. The molecule has 9 rings (SSSR count). The van der Waals surface area contributed by atoms with Gasteiger partial charge < -0.3 is 39.9 Å². The molecule has 2 aliphatic carbocycles. The van der Waals surface area contributed by atoms with Gasteiger partial charge in [0.05, 0.1) is 49.2 Å². The van der Waals surface area contributed by atoms with E-state index in [4.69, 9.17) is 19.4 Å². The largest absolute Gasteiger partial charge is 0.453 e. The van der Waals surface area contributed by atoms with Crippen LogP contribution in [0.15, 0.2) is 60.8 Å². The number of aromatic amines is 2. The maximum atomic E-state index is 13.8. The van der Waals surface area contributed by atoms with Crippen LogP contribution in [0.3, 0.4) is 0 Å². The van der Waals surface area contributed by atoms with Gasteiger partial charge in [-0.05, 0) is 120 Å². The highest BCUT2D eigenvalue weighted by atomic mass is 16.5. The molecule has 3 aromatic carbocycles. The van der Waals surface area contributed by atoms with Crippen molar-refractivity contribution in [2.45, 2.75) is 110 Å². The van der Waals surface area contributed by atoms with E-state index in [2.05, 4.69) is 75.2 Å². The number of fused-ring (bicyclic) bond motifs is 2. The number of hydrogen-bond acceptors (Lipinski definition) is 8. The summed E-state index contributed by atoms with van der Waals surface area (Å²) in [4.78, 5) is 72.2. The summed E-state index contributed by atoms with van der Waals surface area (Å²) in [6.07, 6.45) is 9.83. The molecule has 1 spiro atoms. The van der Waals surface area contributed by atoms with Crippen molar-refractivity contribution in [1.82, 2.24) is 40.4 Å². The first-order valence-corrected chi connectivity index (χ1v) is 23.0. The number of alkyl carbamates (subject to hydrolysis) is 2. The molecule has 336 valence electrons. The lowest BCUT2D eigenvalue weighted by Gasteiger charge is -2.38. The van der Waals surface area contributed by atoms with Crippen LogP contribution in [0, 0.1) is 17.3 Å². The van der Waals surface area contributed by atoms with Gasteiger partial charge in [0.15, 0.2) is 0 Å². The molecule has 0 radical (unpaired) electrons. The highest BCUT2D eigenvalue weighted by Gasteiger charge is 2.44. The number of nitrogens with zero attached hydrogens (tertiary/aromatic N) is 4. The number of methoxy groups -OCH3 is 2. The lowest BCUT2D eigenvalue weighted by Crippen LogP contribution is -2.51. The fraction of sp³-hybridized carbons (Fsp3) is 0.480. The second-order valence-electron chi connectivity index (χ2n) is 19.0. The molecule has 64 heavy (non-hydrogen) atoms. The van der Waals surface area contributed by atoms with Crippen LogP contribution >= 0.6 is 0 Å². The standard InChI is InChI=1S/C50H60N8O6/c1-28(2)42(55-48(61)63-5)46(59)57-22-7-10-40(57)44-51-27-39(54-44)31-14-12-30(13-15-31)33-17-18-34(36-26-50(20-9-21-50)25-35(33)36)32-16-19-37-38(24-32)53-45(52-37)41-11-8-23-58(41)47(60)43(29(3)4)56-49(62)64-6/h12-19,24,27-29,40-43H,7-11,20-23,25-26H2,1-6H3,(H,51,54)(H,52,53)(H,55,61)(H,56,62)/t40-,41-,42-,43-/m0/s1. The van der Waals surface area contributed by atoms with E-state index in [1.54, 1.807) is 0 Å². The topological polar surface area (TPSA) is 175 Å². The number of hydrogen-bond donors (Lipinski definition) is 4. The van der Waals surface area contributed by atoms with Crippen LogP contribution in [-0.4, -0.2) is 93.1 Å². The Morgan fingerprint density at radius 1 is 0.688 bits per heavy atom. The fourth-order valence-corrected chi connectivity index (χ4v) is 10.7. The Hall–Kier alpha value is -6.18. The van der Waals surface area contributed by atoms with E-state index in [1.807, 2.05) is 43.7 Å². The van der Waals surface area contributed by atoms with Crippen LogP contribution in [-0.2, 0) is 31.9 Å². The normalized spacial score (nSPS) is 19.8. The number of rotatable bonds is 11. The van der Waals surface area contributed by atoms with Crippen molar-refractivity contribution in [1.29, 1.82) is 0 Å². The predicted molar refractivity (Wildman–Crippen MR) is 244 cm³/mol. The van der Waals surface area contributed by atoms with Crippen molar-refractivity contribution in [3.05, 3.63) is 83.6 Å². The van der Waals surface area contributed by atoms with Gasteiger partial charge in [-0.3, -0.25) is 9.59 Å². The lowest BCUT2D eigenvalue weighted by atomic mass is 9.67. The Morgan fingerprint density at radius 3 is 1.75 bits per heavy atom. The molecule has 2 aromatic heterocycles. The van der Waals surface area contributed by atoms with Gasteiger partial charge in [-0.1, -0.05) is 76.6 Å². The summed E-state index contributed by atoms with van der Waals surface area (Å²) in [5.41, 5.74) is 11.8. The van der Waals surface area contributed by atoms with Gasteiger partial charge in [0.2, 0.25) is 11.8 Å². The van der Waals surface area contributed by atoms with E-state index < -0.39 is 24.3 Å². The Labute approximate surface area is 374 Å². The lowest BCUT2D eigenvalue weighted by molar-refractivity contribution is -0.136. The zero-order valence-corrected chi connectivity index (χ0v) is 37.8. The van der Waals surface area contributed by atoms with Crippen LogP contribution in [0.4, 0.5) is 9.59 Å². The minimum Gasteiger partial charge on any atom is -0.453 e. The Bertz CT molecular complexity index is 2570. The van der Waals surface area contributed by atoms with Crippen LogP contribution in [0.2, 0.25) is 0 Å². The fourth-order valence-electron chi connectivity index (χ4n) is 10.7. The average molecular weight is 869 g/mol. The van der Waals surface area contributed by atoms with E-state index in [0.29, 0.717) is 18.5 Å². The van der Waals surface area contributed by atoms with Crippen molar-refractivity contribution in [2.75, 3.05) is 27.3 Å². The molecule has 1 saturated carbocycles. The number of aromatic nitrogens is 4. The minimum atomic E-state index is -0.688. The number of ether oxygens (including phenoxy) is 2. The first-order chi connectivity index (χ1) is 30.9. The third-order valence-electron chi connectivity index (χ3n) is 14.3. The van der Waals surface area contributed by atoms with Gasteiger partial charge in [0.25, 0.3) is 0 Å². The summed E-state index contributed by atoms with van der Waals surface area (Å²) in [6, 6.07) is 18.0. The highest BCUT2D eigenvalue weighted by Crippen LogP contribution is 2.55. The average Bonchev–Trinajstić information content (AvgIpc) is 4.14. The predicted octanol–water partition coefficient (Wildman–Crippen LogP) is 8.64. The Balaban J connectivity index is 0.954. The monoisotopic (exact) mass is 868 g/mol. The van der Waals surface area contributed by atoms with Gasteiger partial charge in [0.1, 0.15) is 23.7 Å². The Kier molecular flexibility index (Phi) is 11.7. The molecule has 4 atom stereocenters. The molecule has 4 amide bonds. The number of nitrogens with one attached hydrogen (secondary N) is 4. The van der Waals surface area contributed by atoms with E-state index in [-0.39, 0.29) is 35.7 Å². The van der Waals surface area contributed by atoms with Crippen molar-refractivity contribution in [3.8, 4) is 33.5 Å². The first-order valence-electron chi connectivity index (χ1n) is 23.0. The third kappa shape index (κ3) is 8.00. The molecule has 0 unspecified atom stereocenters. The summed E-state index contributed by atoms with van der Waals surface area (Å²) in [5, 5.41) is 5.47. The summed E-state index contributed by atoms with van der Waals surface area (Å²) in [7, 11) is 2.61. The number of likely N-dealkylation sites (tertiary alicyclic amines) is 2. The summed E-state index contributed by atoms with van der Waals surface area (Å²) in [6.45, 7) is 8.88. The first kappa shape index (κ1) is 43.1. The molecule has 4 heterocycles. The van der Waals surface area contributed by atoms with Crippen molar-refractivity contribution in [3.63, 3.8) is 0 Å². The summed E-state index contributed by atoms with van der Waals surface area (Å²) >= 11 is 0. The zero-order chi connectivity index (χ0) is 44.9. The molecule has 4 N–H and O–H groups in total. The van der Waals surface area contributed by atoms with E-state index >= 15 is 0 Å². The van der Waals surface area contributed by atoms with Gasteiger partial charge >= 0.3 is 12.2 Å². The maximum absolute atomic E-state index is 13.8. The molecule has 3 fully saturated rings. The van der Waals surface area contributed by atoms with Gasteiger partial charge in [-0.15, -0.1) is 0 Å². The van der Waals surface area contributed by atoms with Gasteiger partial charge in [-0.25, -0.2) is 19.6 Å². The summed E-state index contributed by atoms with van der Waals surface area (Å²) < 4.78 is 9.62. The Morgan fingerprint density at radius 2 is 1.22 bits per heavy atom. The van der Waals surface area contributed by atoms with Crippen LogP contribution in [0.1, 0.15) is 108 Å². The van der Waals surface area contributed by atoms with Crippen molar-refractivity contribution >= 4 is 35.0 Å². The summed E-state index contributed by atoms with van der Waals surface area (Å²) in [5.74, 6) is 1.05. The second-order valence-corrected chi connectivity index (χ2v) is 19.0. The van der Waals surface area contributed by atoms with Gasteiger partial charge in [-0.2, -0.15) is 0 Å². The van der Waals surface area contributed by atoms with Crippen LogP contribution in [0.25, 0.3) is 44.5 Å². The molecule has 5 aromatic rings. The molecule has 14 nitrogen and oxygen atoms in total. The second kappa shape index (κ2) is 17.4. The van der Waals surface area contributed by atoms with E-state index in [9.17, 15) is 19.2 Å². The van der Waals surface area contributed by atoms with E-state index in [0.717, 1.165) is 78.0 Å². The van der Waals surface area contributed by atoms with Crippen LogP contribution < -0.4 is 10.6 Å². The number of carbonyl (C=O) groups is 4.